The van der Waals surface area contributed by atoms with Crippen LogP contribution in [0.2, 0.25) is 0 Å². The molecular weight excluding hydrogens is 224 g/mol. The van der Waals surface area contributed by atoms with Crippen molar-refractivity contribution in [2.24, 2.45) is 11.6 Å². The van der Waals surface area contributed by atoms with Gasteiger partial charge in [0.15, 0.2) is 0 Å². The summed E-state index contributed by atoms with van der Waals surface area (Å²) >= 11 is 0. The van der Waals surface area contributed by atoms with E-state index in [9.17, 15) is 9.59 Å². The Morgan fingerprint density at radius 1 is 1.53 bits per heavy atom. The van der Waals surface area contributed by atoms with E-state index in [0.29, 0.717) is 13.0 Å². The third-order valence-corrected chi connectivity index (χ3v) is 3.04. The van der Waals surface area contributed by atoms with E-state index in [1.807, 2.05) is 0 Å². The van der Waals surface area contributed by atoms with Gasteiger partial charge in [-0.05, 0) is 19.4 Å². The number of amides is 2. The fourth-order valence-electron chi connectivity index (χ4n) is 2.21. The monoisotopic (exact) mass is 244 g/mol. The molecule has 0 spiro atoms. The molecule has 0 saturated carbocycles. The predicted molar refractivity (Wildman–Crippen MR) is 61.5 cm³/mol. The van der Waals surface area contributed by atoms with Gasteiger partial charge in [0.25, 0.3) is 5.91 Å². The van der Waals surface area contributed by atoms with E-state index in [0.717, 1.165) is 12.8 Å². The number of primary amides is 1. The van der Waals surface area contributed by atoms with E-state index < -0.39 is 18.0 Å². The van der Waals surface area contributed by atoms with Crippen molar-refractivity contribution < 1.29 is 14.3 Å². The molecule has 0 aromatic rings. The standard InChI is InChI=1S/C10H20N4O3/c1-17-6-8(10(16)13-12)14-5-3-2-4-7(14)9(11)15/h7-8H,2-6,12H2,1H3,(H2,11,15)(H,13,16). The second-order valence-corrected chi connectivity index (χ2v) is 4.13. The molecule has 7 nitrogen and oxygen atoms in total. The molecule has 0 aliphatic carbocycles. The molecular formula is C10H20N4O3. The van der Waals surface area contributed by atoms with E-state index in [2.05, 4.69) is 5.43 Å². The molecule has 0 radical (unpaired) electrons. The Morgan fingerprint density at radius 3 is 2.76 bits per heavy atom. The molecule has 1 aliphatic heterocycles. The van der Waals surface area contributed by atoms with Gasteiger partial charge in [-0.25, -0.2) is 5.84 Å². The van der Waals surface area contributed by atoms with Crippen LogP contribution in [0.25, 0.3) is 0 Å². The van der Waals surface area contributed by atoms with Crippen molar-refractivity contribution in [2.45, 2.75) is 31.3 Å². The maximum Gasteiger partial charge on any atom is 0.253 e. The summed E-state index contributed by atoms with van der Waals surface area (Å²) in [6.45, 7) is 0.835. The predicted octanol–water partition coefficient (Wildman–Crippen LogP) is -1.67. The van der Waals surface area contributed by atoms with E-state index >= 15 is 0 Å². The molecule has 0 bridgehead atoms. The summed E-state index contributed by atoms with van der Waals surface area (Å²) in [4.78, 5) is 24.8. The molecule has 1 rings (SSSR count). The van der Waals surface area contributed by atoms with Crippen molar-refractivity contribution in [1.29, 1.82) is 0 Å². The second-order valence-electron chi connectivity index (χ2n) is 4.13. The van der Waals surface area contributed by atoms with Gasteiger partial charge in [-0.3, -0.25) is 19.9 Å². The van der Waals surface area contributed by atoms with Crippen LogP contribution in [0.5, 0.6) is 0 Å². The first-order valence-electron chi connectivity index (χ1n) is 5.66. The van der Waals surface area contributed by atoms with Gasteiger partial charge in [0.2, 0.25) is 5.91 Å². The minimum absolute atomic E-state index is 0.187. The van der Waals surface area contributed by atoms with Crippen LogP contribution in [-0.4, -0.2) is 49.1 Å². The molecule has 98 valence electrons. The maximum absolute atomic E-state index is 11.7. The summed E-state index contributed by atoms with van der Waals surface area (Å²) < 4.78 is 5.00. The number of piperidine rings is 1. The Morgan fingerprint density at radius 2 is 2.24 bits per heavy atom. The molecule has 17 heavy (non-hydrogen) atoms. The van der Waals surface area contributed by atoms with Gasteiger partial charge in [-0.15, -0.1) is 0 Å². The van der Waals surface area contributed by atoms with Crippen molar-refractivity contribution in [3.63, 3.8) is 0 Å². The number of nitrogens with two attached hydrogens (primary N) is 2. The topological polar surface area (TPSA) is 111 Å². The van der Waals surface area contributed by atoms with Gasteiger partial charge in [0.1, 0.15) is 6.04 Å². The van der Waals surface area contributed by atoms with Crippen LogP contribution in [0.3, 0.4) is 0 Å². The number of carbonyl (C=O) groups excluding carboxylic acids is 2. The SMILES string of the molecule is COCC(C(=O)NN)N1CCCCC1C(N)=O. The Kier molecular flexibility index (Phi) is 5.33. The second kappa shape index (κ2) is 6.53. The number of ether oxygens (including phenoxy) is 1. The van der Waals surface area contributed by atoms with Crippen LogP contribution in [-0.2, 0) is 14.3 Å². The maximum atomic E-state index is 11.7. The van der Waals surface area contributed by atoms with Crippen LogP contribution in [0, 0.1) is 0 Å². The lowest BCUT2D eigenvalue weighted by atomic mass is 9.99. The molecule has 2 unspecified atom stereocenters. The van der Waals surface area contributed by atoms with E-state index in [1.54, 1.807) is 4.90 Å². The van der Waals surface area contributed by atoms with Gasteiger partial charge >= 0.3 is 0 Å². The molecule has 1 fully saturated rings. The quantitative estimate of drug-likeness (QED) is 0.304. The van der Waals surface area contributed by atoms with E-state index in [1.165, 1.54) is 7.11 Å². The zero-order chi connectivity index (χ0) is 12.8. The van der Waals surface area contributed by atoms with Crippen molar-refractivity contribution in [1.82, 2.24) is 10.3 Å². The first kappa shape index (κ1) is 13.9. The van der Waals surface area contributed by atoms with Gasteiger partial charge in [0, 0.05) is 7.11 Å². The molecule has 1 heterocycles. The number of rotatable bonds is 5. The smallest absolute Gasteiger partial charge is 0.253 e. The summed E-state index contributed by atoms with van der Waals surface area (Å²) in [5.74, 6) is 4.37. The van der Waals surface area contributed by atoms with E-state index in [4.69, 9.17) is 16.3 Å². The molecule has 0 aromatic heterocycles. The highest BCUT2D eigenvalue weighted by molar-refractivity contribution is 5.84. The summed E-state index contributed by atoms with van der Waals surface area (Å²) in [5, 5.41) is 0. The lowest BCUT2D eigenvalue weighted by Gasteiger charge is -2.38. The number of hydrogen-bond donors (Lipinski definition) is 3. The first-order chi connectivity index (χ1) is 8.11. The third kappa shape index (κ3) is 3.39. The number of likely N-dealkylation sites (tertiary alicyclic amines) is 1. The van der Waals surface area contributed by atoms with Crippen molar-refractivity contribution in [2.75, 3.05) is 20.3 Å². The highest BCUT2D eigenvalue weighted by Crippen LogP contribution is 2.19. The van der Waals surface area contributed by atoms with Gasteiger partial charge in [0.05, 0.1) is 12.6 Å². The summed E-state index contributed by atoms with van der Waals surface area (Å²) in [7, 11) is 1.50. The Balaban J connectivity index is 2.81. The van der Waals surface area contributed by atoms with Crippen LogP contribution in [0.4, 0.5) is 0 Å². The number of hydrazine groups is 1. The summed E-state index contributed by atoms with van der Waals surface area (Å²) in [6.07, 6.45) is 2.54. The van der Waals surface area contributed by atoms with Gasteiger partial charge < -0.3 is 10.5 Å². The van der Waals surface area contributed by atoms with Crippen molar-refractivity contribution in [3.8, 4) is 0 Å². The molecule has 0 aromatic carbocycles. The van der Waals surface area contributed by atoms with E-state index in [-0.39, 0.29) is 12.5 Å². The average Bonchev–Trinajstić information content (AvgIpc) is 2.35. The Bertz CT molecular complexity index is 285. The number of methoxy groups -OCH3 is 1. The highest BCUT2D eigenvalue weighted by Gasteiger charge is 2.35. The van der Waals surface area contributed by atoms with Crippen molar-refractivity contribution >= 4 is 11.8 Å². The molecule has 7 heteroatoms. The normalized spacial score (nSPS) is 23.1. The summed E-state index contributed by atoms with van der Waals surface area (Å²) in [5.41, 5.74) is 7.44. The molecule has 5 N–H and O–H groups in total. The van der Waals surface area contributed by atoms with Gasteiger partial charge in [-0.2, -0.15) is 0 Å². The Labute approximate surface area is 100 Å². The van der Waals surface area contributed by atoms with Crippen LogP contribution < -0.4 is 17.0 Å². The molecule has 2 amide bonds. The number of nitrogens with one attached hydrogen (secondary N) is 1. The lowest BCUT2D eigenvalue weighted by Crippen LogP contribution is -2.59. The highest BCUT2D eigenvalue weighted by atomic mass is 16.5. The van der Waals surface area contributed by atoms with Gasteiger partial charge in [-0.1, -0.05) is 6.42 Å². The average molecular weight is 244 g/mol. The molecule has 2 atom stereocenters. The minimum atomic E-state index is -0.567. The van der Waals surface area contributed by atoms with Crippen LogP contribution >= 0.6 is 0 Å². The van der Waals surface area contributed by atoms with Crippen LogP contribution in [0.1, 0.15) is 19.3 Å². The summed E-state index contributed by atoms with van der Waals surface area (Å²) in [6, 6.07) is -0.982. The number of hydrogen-bond acceptors (Lipinski definition) is 5. The largest absolute Gasteiger partial charge is 0.383 e. The Hall–Kier alpha value is -1.18. The minimum Gasteiger partial charge on any atom is -0.383 e. The van der Waals surface area contributed by atoms with Crippen molar-refractivity contribution in [3.05, 3.63) is 0 Å². The number of carbonyl (C=O) groups is 2. The number of nitrogens with zero attached hydrogens (tertiary/aromatic N) is 1. The van der Waals surface area contributed by atoms with Crippen LogP contribution in [0.15, 0.2) is 0 Å². The third-order valence-electron chi connectivity index (χ3n) is 3.04. The fourth-order valence-corrected chi connectivity index (χ4v) is 2.21. The lowest BCUT2D eigenvalue weighted by molar-refractivity contribution is -0.134. The molecule has 1 aliphatic rings. The fraction of sp³-hybridized carbons (Fsp3) is 0.800. The first-order valence-corrected chi connectivity index (χ1v) is 5.66. The zero-order valence-corrected chi connectivity index (χ0v) is 10.0. The zero-order valence-electron chi connectivity index (χ0n) is 10.0. The molecule has 1 saturated heterocycles.